The first-order valence-corrected chi connectivity index (χ1v) is 11.6. The van der Waals surface area contributed by atoms with E-state index in [4.69, 9.17) is 14.0 Å². The zero-order valence-electron chi connectivity index (χ0n) is 18.9. The number of benzene rings is 3. The summed E-state index contributed by atoms with van der Waals surface area (Å²) in [5.41, 5.74) is -0.418. The Labute approximate surface area is 210 Å². The number of anilines is 1. The topological polar surface area (TPSA) is 186 Å². The number of nitrogens with one attached hydrogen (secondary N) is 1. The van der Waals surface area contributed by atoms with Crippen LogP contribution in [0.2, 0.25) is 0 Å². The van der Waals surface area contributed by atoms with Gasteiger partial charge in [0.15, 0.2) is 16.4 Å². The molecule has 0 bridgehead atoms. The number of nitro groups is 1. The molecule has 0 heterocycles. The molecule has 3 aromatic rings. The second kappa shape index (κ2) is 11.0. The van der Waals surface area contributed by atoms with Crippen LogP contribution in [-0.4, -0.2) is 37.4 Å². The summed E-state index contributed by atoms with van der Waals surface area (Å²) in [5, 5.41) is 32.1. The smallest absolute Gasteiger partial charge is 0.346 e. The van der Waals surface area contributed by atoms with E-state index in [0.717, 1.165) is 12.1 Å². The molecule has 12 nitrogen and oxygen atoms in total. The molecule has 0 saturated carbocycles. The number of carbonyl (C=O) groups excluding carboxylic acids is 1. The number of carbonyl (C=O) groups is 2. The molecule has 0 fully saturated rings. The lowest BCUT2D eigenvalue weighted by atomic mass is 10.1. The SMILES string of the molecule is COc1cc(/C=C(\C#N)C(=O)Nc2ccc(C(=O)O)cc2)ccc1OS(=O)(=O)c1ccccc1[N+](=O)[O-]. The summed E-state index contributed by atoms with van der Waals surface area (Å²) in [6.07, 6.45) is 1.21. The van der Waals surface area contributed by atoms with Crippen LogP contribution in [0.15, 0.2) is 77.2 Å². The fourth-order valence-electron chi connectivity index (χ4n) is 3.04. The van der Waals surface area contributed by atoms with Crippen LogP contribution in [0, 0.1) is 21.4 Å². The van der Waals surface area contributed by atoms with Gasteiger partial charge in [0.1, 0.15) is 11.6 Å². The number of hydrogen-bond donors (Lipinski definition) is 2. The van der Waals surface area contributed by atoms with E-state index in [0.29, 0.717) is 0 Å². The summed E-state index contributed by atoms with van der Waals surface area (Å²) in [7, 11) is -3.38. The number of carboxylic acids is 1. The molecule has 37 heavy (non-hydrogen) atoms. The standard InChI is InChI=1S/C24H17N3O9S/c1-35-21-13-15(12-17(14-25)23(28)26-18-9-7-16(8-10-18)24(29)30)6-11-20(21)36-37(33,34)22-5-3-2-4-19(22)27(31)32/h2-13H,1H3,(H,26,28)(H,29,30)/b17-12+. The fraction of sp³-hybridized carbons (Fsp3) is 0.0417. The number of nitriles is 1. The number of aromatic carboxylic acids is 1. The fourth-order valence-corrected chi connectivity index (χ4v) is 4.14. The van der Waals surface area contributed by atoms with Crippen molar-refractivity contribution in [3.05, 3.63) is 93.5 Å². The Hall–Kier alpha value is -5.22. The Kier molecular flexibility index (Phi) is 7.86. The molecule has 2 N–H and O–H groups in total. The van der Waals surface area contributed by atoms with Gasteiger partial charge in [0.2, 0.25) is 0 Å². The van der Waals surface area contributed by atoms with E-state index in [9.17, 15) is 33.4 Å². The molecule has 3 aromatic carbocycles. The van der Waals surface area contributed by atoms with Crippen LogP contribution < -0.4 is 14.2 Å². The highest BCUT2D eigenvalue weighted by Crippen LogP contribution is 2.33. The lowest BCUT2D eigenvalue weighted by Gasteiger charge is -2.12. The van der Waals surface area contributed by atoms with Gasteiger partial charge in [0.25, 0.3) is 11.6 Å². The van der Waals surface area contributed by atoms with E-state index in [1.807, 2.05) is 0 Å². The van der Waals surface area contributed by atoms with Crippen molar-refractivity contribution in [2.24, 2.45) is 0 Å². The van der Waals surface area contributed by atoms with Gasteiger partial charge in [-0.15, -0.1) is 0 Å². The molecule has 0 radical (unpaired) electrons. The number of ether oxygens (including phenoxy) is 1. The highest BCUT2D eigenvalue weighted by molar-refractivity contribution is 7.87. The molecule has 1 amide bonds. The minimum absolute atomic E-state index is 0.0207. The number of rotatable bonds is 9. The first-order chi connectivity index (χ1) is 17.6. The maximum Gasteiger partial charge on any atom is 0.346 e. The summed E-state index contributed by atoms with van der Waals surface area (Å²) in [5.74, 6) is -2.27. The first-order valence-electron chi connectivity index (χ1n) is 10.2. The molecular formula is C24H17N3O9S. The maximum absolute atomic E-state index is 12.7. The minimum Gasteiger partial charge on any atom is -0.493 e. The second-order valence-electron chi connectivity index (χ2n) is 7.18. The number of nitrogens with zero attached hydrogens (tertiary/aromatic N) is 2. The molecule has 0 aliphatic carbocycles. The molecule has 0 aliphatic rings. The van der Waals surface area contributed by atoms with Crippen LogP contribution in [0.3, 0.4) is 0 Å². The maximum atomic E-state index is 12.7. The van der Waals surface area contributed by atoms with E-state index in [-0.39, 0.29) is 33.9 Å². The lowest BCUT2D eigenvalue weighted by Crippen LogP contribution is -2.13. The lowest BCUT2D eigenvalue weighted by molar-refractivity contribution is -0.387. The second-order valence-corrected chi connectivity index (χ2v) is 8.69. The molecular weight excluding hydrogens is 506 g/mol. The zero-order valence-corrected chi connectivity index (χ0v) is 19.8. The summed E-state index contributed by atoms with van der Waals surface area (Å²) in [6.45, 7) is 0. The highest BCUT2D eigenvalue weighted by atomic mass is 32.2. The Morgan fingerprint density at radius 3 is 2.35 bits per heavy atom. The zero-order chi connectivity index (χ0) is 27.2. The van der Waals surface area contributed by atoms with Crippen LogP contribution in [0.25, 0.3) is 6.08 Å². The van der Waals surface area contributed by atoms with Gasteiger partial charge in [-0.2, -0.15) is 13.7 Å². The Balaban J connectivity index is 1.86. The quantitative estimate of drug-likeness (QED) is 0.138. The number of hydrogen-bond acceptors (Lipinski definition) is 9. The number of methoxy groups -OCH3 is 1. The third-order valence-corrected chi connectivity index (χ3v) is 6.07. The van der Waals surface area contributed by atoms with Gasteiger partial charge in [-0.05, 0) is 54.1 Å². The van der Waals surface area contributed by atoms with Crippen molar-refractivity contribution in [2.75, 3.05) is 12.4 Å². The van der Waals surface area contributed by atoms with Crippen molar-refractivity contribution in [3.8, 4) is 17.6 Å². The predicted molar refractivity (Wildman–Crippen MR) is 130 cm³/mol. The van der Waals surface area contributed by atoms with Gasteiger partial charge in [0.05, 0.1) is 17.6 Å². The van der Waals surface area contributed by atoms with E-state index in [2.05, 4.69) is 5.32 Å². The van der Waals surface area contributed by atoms with Crippen LogP contribution >= 0.6 is 0 Å². The van der Waals surface area contributed by atoms with E-state index < -0.39 is 37.5 Å². The normalized spacial score (nSPS) is 11.2. The van der Waals surface area contributed by atoms with Gasteiger partial charge >= 0.3 is 16.1 Å². The van der Waals surface area contributed by atoms with Crippen molar-refractivity contribution < 1.29 is 37.0 Å². The highest BCUT2D eigenvalue weighted by Gasteiger charge is 2.28. The number of carboxylic acid groups (broad SMARTS) is 1. The third kappa shape index (κ3) is 6.27. The van der Waals surface area contributed by atoms with Crippen LogP contribution in [0.1, 0.15) is 15.9 Å². The van der Waals surface area contributed by atoms with Gasteiger partial charge in [-0.1, -0.05) is 18.2 Å². The summed E-state index contributed by atoms with van der Waals surface area (Å²) >= 11 is 0. The molecule has 0 unspecified atom stereocenters. The van der Waals surface area contributed by atoms with E-state index in [1.165, 1.54) is 67.8 Å². The van der Waals surface area contributed by atoms with E-state index in [1.54, 1.807) is 6.07 Å². The van der Waals surface area contributed by atoms with Gasteiger partial charge < -0.3 is 19.3 Å². The molecule has 0 saturated heterocycles. The van der Waals surface area contributed by atoms with Gasteiger partial charge in [-0.25, -0.2) is 4.79 Å². The first kappa shape index (κ1) is 26.4. The van der Waals surface area contributed by atoms with Crippen molar-refractivity contribution >= 4 is 39.4 Å². The Bertz CT molecular complexity index is 1560. The van der Waals surface area contributed by atoms with Crippen molar-refractivity contribution in [1.82, 2.24) is 0 Å². The number of para-hydroxylation sites is 1. The minimum atomic E-state index is -4.61. The molecule has 0 aliphatic heterocycles. The molecule has 0 aromatic heterocycles. The monoisotopic (exact) mass is 523 g/mol. The van der Waals surface area contributed by atoms with Gasteiger partial charge in [-0.3, -0.25) is 14.9 Å². The largest absolute Gasteiger partial charge is 0.493 e. The summed E-state index contributed by atoms with van der Waals surface area (Å²) in [6, 6.07) is 15.6. The molecule has 188 valence electrons. The average molecular weight is 523 g/mol. The van der Waals surface area contributed by atoms with Crippen molar-refractivity contribution in [1.29, 1.82) is 5.26 Å². The Morgan fingerprint density at radius 1 is 1.08 bits per heavy atom. The van der Waals surface area contributed by atoms with E-state index >= 15 is 0 Å². The van der Waals surface area contributed by atoms with Crippen molar-refractivity contribution in [3.63, 3.8) is 0 Å². The summed E-state index contributed by atoms with van der Waals surface area (Å²) < 4.78 is 35.6. The van der Waals surface area contributed by atoms with Crippen LogP contribution in [0.5, 0.6) is 11.5 Å². The van der Waals surface area contributed by atoms with Crippen LogP contribution in [-0.2, 0) is 14.9 Å². The third-order valence-electron chi connectivity index (χ3n) is 4.78. The molecule has 3 rings (SSSR count). The number of amides is 1. The van der Waals surface area contributed by atoms with Gasteiger partial charge in [0, 0.05) is 11.8 Å². The van der Waals surface area contributed by atoms with Crippen LogP contribution in [0.4, 0.5) is 11.4 Å². The molecule has 0 atom stereocenters. The Morgan fingerprint density at radius 2 is 1.76 bits per heavy atom. The summed E-state index contributed by atoms with van der Waals surface area (Å²) in [4.78, 5) is 33.2. The number of nitro benzene ring substituents is 1. The molecule has 13 heteroatoms. The molecule has 0 spiro atoms. The predicted octanol–water partition coefficient (Wildman–Crippen LogP) is 3.61. The average Bonchev–Trinajstić information content (AvgIpc) is 2.88. The van der Waals surface area contributed by atoms with Crippen molar-refractivity contribution in [2.45, 2.75) is 4.90 Å².